The lowest BCUT2D eigenvalue weighted by molar-refractivity contribution is 0.0685. The van der Waals surface area contributed by atoms with Gasteiger partial charge in [0.15, 0.2) is 0 Å². The third-order valence-corrected chi connectivity index (χ3v) is 5.15. The maximum absolute atomic E-state index is 12.7. The Bertz CT molecular complexity index is 882. The summed E-state index contributed by atoms with van der Waals surface area (Å²) in [6.45, 7) is 1.59. The van der Waals surface area contributed by atoms with Crippen LogP contribution in [0.5, 0.6) is 0 Å². The van der Waals surface area contributed by atoms with Gasteiger partial charge in [-0.1, -0.05) is 41.9 Å². The number of aromatic nitrogens is 2. The highest BCUT2D eigenvalue weighted by Crippen LogP contribution is 2.23. The molecular formula is C20H20ClN3O. The van der Waals surface area contributed by atoms with Gasteiger partial charge < -0.3 is 9.30 Å². The van der Waals surface area contributed by atoms with Crippen LogP contribution in [0.4, 0.5) is 0 Å². The van der Waals surface area contributed by atoms with Gasteiger partial charge in [-0.25, -0.2) is 4.98 Å². The van der Waals surface area contributed by atoms with E-state index < -0.39 is 0 Å². The third kappa shape index (κ3) is 3.54. The molecule has 0 aliphatic carbocycles. The first-order chi connectivity index (χ1) is 12.2. The van der Waals surface area contributed by atoms with Gasteiger partial charge in [0.1, 0.15) is 11.3 Å². The van der Waals surface area contributed by atoms with E-state index in [9.17, 15) is 4.79 Å². The van der Waals surface area contributed by atoms with Crippen molar-refractivity contribution in [3.8, 4) is 0 Å². The van der Waals surface area contributed by atoms with Gasteiger partial charge in [-0.3, -0.25) is 4.79 Å². The van der Waals surface area contributed by atoms with Crippen molar-refractivity contribution in [2.75, 3.05) is 13.1 Å². The van der Waals surface area contributed by atoms with Crippen LogP contribution in [0.3, 0.4) is 0 Å². The Balaban J connectivity index is 1.40. The molecule has 128 valence electrons. The second-order valence-corrected chi connectivity index (χ2v) is 7.10. The number of benzene rings is 1. The monoisotopic (exact) mass is 353 g/mol. The molecule has 0 bridgehead atoms. The number of rotatable bonds is 3. The van der Waals surface area contributed by atoms with E-state index in [1.807, 2.05) is 21.6 Å². The first-order valence-corrected chi connectivity index (χ1v) is 9.04. The van der Waals surface area contributed by atoms with Crippen LogP contribution in [0, 0.1) is 5.92 Å². The lowest BCUT2D eigenvalue weighted by atomic mass is 9.90. The number of hydrogen-bond donors (Lipinski definition) is 0. The maximum Gasteiger partial charge on any atom is 0.274 e. The number of hydrogen-bond acceptors (Lipinski definition) is 2. The predicted molar refractivity (Wildman–Crippen MR) is 99.0 cm³/mol. The predicted octanol–water partition coefficient (Wildman–Crippen LogP) is 4.08. The van der Waals surface area contributed by atoms with Crippen molar-refractivity contribution in [2.24, 2.45) is 5.92 Å². The fourth-order valence-electron chi connectivity index (χ4n) is 3.51. The van der Waals surface area contributed by atoms with Gasteiger partial charge in [0.25, 0.3) is 5.91 Å². The largest absolute Gasteiger partial charge is 0.337 e. The molecule has 4 nitrogen and oxygen atoms in total. The molecule has 0 unspecified atom stereocenters. The highest BCUT2D eigenvalue weighted by Gasteiger charge is 2.25. The van der Waals surface area contributed by atoms with E-state index in [0.717, 1.165) is 32.4 Å². The summed E-state index contributed by atoms with van der Waals surface area (Å²) in [4.78, 5) is 19.1. The molecule has 3 heterocycles. The summed E-state index contributed by atoms with van der Waals surface area (Å²) in [6.07, 6.45) is 6.78. The van der Waals surface area contributed by atoms with E-state index in [4.69, 9.17) is 11.6 Å². The van der Waals surface area contributed by atoms with Gasteiger partial charge in [0.2, 0.25) is 0 Å². The summed E-state index contributed by atoms with van der Waals surface area (Å²) in [5.74, 6) is 0.657. The molecule has 1 aliphatic heterocycles. The van der Waals surface area contributed by atoms with Crippen LogP contribution < -0.4 is 0 Å². The molecule has 2 aromatic heterocycles. The third-order valence-electron chi connectivity index (χ3n) is 4.91. The normalized spacial score (nSPS) is 15.6. The molecule has 1 saturated heterocycles. The topological polar surface area (TPSA) is 37.6 Å². The van der Waals surface area contributed by atoms with Crippen LogP contribution >= 0.6 is 11.6 Å². The fraction of sp³-hybridized carbons (Fsp3) is 0.300. The summed E-state index contributed by atoms with van der Waals surface area (Å²) in [5.41, 5.74) is 2.57. The zero-order valence-electron chi connectivity index (χ0n) is 13.9. The summed E-state index contributed by atoms with van der Waals surface area (Å²) in [6, 6.07) is 14.1. The van der Waals surface area contributed by atoms with Crippen LogP contribution in [0.2, 0.25) is 5.02 Å². The van der Waals surface area contributed by atoms with Crippen molar-refractivity contribution >= 4 is 23.2 Å². The van der Waals surface area contributed by atoms with Gasteiger partial charge in [-0.2, -0.15) is 0 Å². The number of piperidine rings is 1. The molecule has 1 amide bonds. The van der Waals surface area contributed by atoms with Crippen molar-refractivity contribution in [3.63, 3.8) is 0 Å². The number of amides is 1. The fourth-order valence-corrected chi connectivity index (χ4v) is 3.66. The highest BCUT2D eigenvalue weighted by molar-refractivity contribution is 6.30. The maximum atomic E-state index is 12.7. The number of imidazole rings is 1. The Hall–Kier alpha value is -2.33. The Kier molecular flexibility index (Phi) is 4.45. The van der Waals surface area contributed by atoms with Gasteiger partial charge >= 0.3 is 0 Å². The minimum atomic E-state index is 0.0120. The summed E-state index contributed by atoms with van der Waals surface area (Å²) in [5, 5.41) is 0.624. The van der Waals surface area contributed by atoms with Crippen molar-refractivity contribution in [1.29, 1.82) is 0 Å². The van der Waals surface area contributed by atoms with E-state index in [-0.39, 0.29) is 5.91 Å². The Morgan fingerprint density at radius 2 is 1.92 bits per heavy atom. The molecule has 0 saturated carbocycles. The first kappa shape index (κ1) is 16.2. The number of halogens is 1. The zero-order chi connectivity index (χ0) is 17.2. The molecule has 3 aromatic rings. The van der Waals surface area contributed by atoms with Gasteiger partial charge in [0.05, 0.1) is 0 Å². The van der Waals surface area contributed by atoms with E-state index in [1.165, 1.54) is 5.56 Å². The van der Waals surface area contributed by atoms with E-state index in [1.54, 1.807) is 18.3 Å². The Morgan fingerprint density at radius 3 is 2.68 bits per heavy atom. The molecule has 4 rings (SSSR count). The standard InChI is InChI=1S/C20H20ClN3O/c21-17-8-11-24-14-18(22-19(24)13-17)20(25)23-9-6-16(7-10-23)12-15-4-2-1-3-5-15/h1-5,8,11,13-14,16H,6-7,9-10,12H2. The van der Waals surface area contributed by atoms with E-state index in [2.05, 4.69) is 29.2 Å². The Morgan fingerprint density at radius 1 is 1.16 bits per heavy atom. The molecule has 0 N–H and O–H groups in total. The van der Waals surface area contributed by atoms with Gasteiger partial charge in [-0.05, 0) is 36.8 Å². The van der Waals surface area contributed by atoms with Crippen LogP contribution in [-0.2, 0) is 6.42 Å². The molecule has 1 aliphatic rings. The van der Waals surface area contributed by atoms with Crippen molar-refractivity contribution in [2.45, 2.75) is 19.3 Å². The molecule has 0 spiro atoms. The van der Waals surface area contributed by atoms with Gasteiger partial charge in [-0.15, -0.1) is 0 Å². The first-order valence-electron chi connectivity index (χ1n) is 8.66. The van der Waals surface area contributed by atoms with Gasteiger partial charge in [0, 0.05) is 36.6 Å². The van der Waals surface area contributed by atoms with Crippen molar-refractivity contribution in [1.82, 2.24) is 14.3 Å². The summed E-state index contributed by atoms with van der Waals surface area (Å²) in [7, 11) is 0. The van der Waals surface area contributed by atoms with Crippen molar-refractivity contribution in [3.05, 3.63) is 71.1 Å². The van der Waals surface area contributed by atoms with E-state index >= 15 is 0 Å². The number of carbonyl (C=O) groups excluding carboxylic acids is 1. The summed E-state index contributed by atoms with van der Waals surface area (Å²) >= 11 is 5.99. The SMILES string of the molecule is O=C(c1cn2ccc(Cl)cc2n1)N1CCC(Cc2ccccc2)CC1. The van der Waals surface area contributed by atoms with E-state index in [0.29, 0.717) is 22.3 Å². The zero-order valence-corrected chi connectivity index (χ0v) is 14.7. The quantitative estimate of drug-likeness (QED) is 0.711. The molecule has 0 atom stereocenters. The average Bonchev–Trinajstić information content (AvgIpc) is 3.06. The average molecular weight is 354 g/mol. The molecule has 25 heavy (non-hydrogen) atoms. The highest BCUT2D eigenvalue weighted by atomic mass is 35.5. The minimum Gasteiger partial charge on any atom is -0.337 e. The smallest absolute Gasteiger partial charge is 0.274 e. The molecule has 5 heteroatoms. The number of pyridine rings is 1. The molecule has 1 fully saturated rings. The summed E-state index contributed by atoms with van der Waals surface area (Å²) < 4.78 is 1.83. The van der Waals surface area contributed by atoms with Crippen LogP contribution in [0.15, 0.2) is 54.9 Å². The number of fused-ring (bicyclic) bond motifs is 1. The number of likely N-dealkylation sites (tertiary alicyclic amines) is 1. The second kappa shape index (κ2) is 6.89. The molecular weight excluding hydrogens is 334 g/mol. The van der Waals surface area contributed by atoms with Crippen LogP contribution in [-0.4, -0.2) is 33.3 Å². The molecule has 1 aromatic carbocycles. The number of nitrogens with zero attached hydrogens (tertiary/aromatic N) is 3. The number of carbonyl (C=O) groups is 1. The van der Waals surface area contributed by atoms with Crippen LogP contribution in [0.25, 0.3) is 5.65 Å². The minimum absolute atomic E-state index is 0.0120. The lowest BCUT2D eigenvalue weighted by Gasteiger charge is -2.31. The lowest BCUT2D eigenvalue weighted by Crippen LogP contribution is -2.39. The Labute approximate surface area is 152 Å². The van der Waals surface area contributed by atoms with Crippen LogP contribution in [0.1, 0.15) is 28.9 Å². The molecule has 0 radical (unpaired) electrons. The second-order valence-electron chi connectivity index (χ2n) is 6.66. The van der Waals surface area contributed by atoms with Crippen molar-refractivity contribution < 1.29 is 4.79 Å².